The summed E-state index contributed by atoms with van der Waals surface area (Å²) in [5, 5.41) is 0. The van der Waals surface area contributed by atoms with Crippen molar-refractivity contribution >= 4 is 21.4 Å². The lowest BCUT2D eigenvalue weighted by Gasteiger charge is -2.25. The first-order valence-corrected chi connectivity index (χ1v) is 10.9. The highest BCUT2D eigenvalue weighted by Gasteiger charge is 2.27. The number of sulfone groups is 1. The Hall–Kier alpha value is -3.39. The van der Waals surface area contributed by atoms with Gasteiger partial charge in [-0.15, -0.1) is 0 Å². The molecular weight excluding hydrogens is 421 g/mol. The van der Waals surface area contributed by atoms with E-state index in [-0.39, 0.29) is 22.0 Å². The summed E-state index contributed by atoms with van der Waals surface area (Å²) in [7, 11) is -0.979. The van der Waals surface area contributed by atoms with Gasteiger partial charge in [-0.25, -0.2) is 12.8 Å². The van der Waals surface area contributed by atoms with Gasteiger partial charge in [-0.3, -0.25) is 4.79 Å². The fourth-order valence-electron chi connectivity index (χ4n) is 3.19. The summed E-state index contributed by atoms with van der Waals surface area (Å²) in [6.07, 6.45) is 0. The number of amides is 1. The van der Waals surface area contributed by atoms with Crippen molar-refractivity contribution < 1.29 is 27.1 Å². The maximum atomic E-state index is 13.5. The fourth-order valence-corrected chi connectivity index (χ4v) is 4.67. The molecule has 0 spiro atoms. The van der Waals surface area contributed by atoms with Crippen LogP contribution >= 0.6 is 0 Å². The maximum absolute atomic E-state index is 13.5. The first-order chi connectivity index (χ1) is 14.9. The van der Waals surface area contributed by atoms with Gasteiger partial charge in [-0.2, -0.15) is 0 Å². The summed E-state index contributed by atoms with van der Waals surface area (Å²) in [6, 6.07) is 18.9. The molecule has 8 heteroatoms. The van der Waals surface area contributed by atoms with Crippen LogP contribution in [0.3, 0.4) is 0 Å². The molecule has 0 atom stereocenters. The normalized spacial score (nSPS) is 11.1. The molecule has 1 amide bonds. The fraction of sp³-hybridized carbons (Fsp3) is 0.174. The zero-order valence-electron chi connectivity index (χ0n) is 17.1. The van der Waals surface area contributed by atoms with Crippen LogP contribution in [0.25, 0.3) is 0 Å². The number of anilines is 1. The molecule has 3 rings (SSSR count). The Kier molecular flexibility index (Phi) is 6.91. The topological polar surface area (TPSA) is 72.9 Å². The number of rotatable bonds is 8. The van der Waals surface area contributed by atoms with E-state index >= 15 is 0 Å². The highest BCUT2D eigenvalue weighted by molar-refractivity contribution is 7.91. The molecule has 0 aromatic heterocycles. The van der Waals surface area contributed by atoms with Gasteiger partial charge in [0.1, 0.15) is 11.5 Å². The van der Waals surface area contributed by atoms with Crippen molar-refractivity contribution in [3.8, 4) is 11.5 Å². The van der Waals surface area contributed by atoms with Crippen molar-refractivity contribution in [2.45, 2.75) is 16.3 Å². The zero-order chi connectivity index (χ0) is 22.4. The maximum Gasteiger partial charge on any atom is 0.258 e. The molecule has 0 fully saturated rings. The van der Waals surface area contributed by atoms with Crippen LogP contribution in [0.15, 0.2) is 82.6 Å². The van der Waals surface area contributed by atoms with Gasteiger partial charge in [0.05, 0.1) is 36.2 Å². The number of hydrogen-bond donors (Lipinski definition) is 0. The molecule has 0 aliphatic carbocycles. The third-order valence-corrected chi connectivity index (χ3v) is 6.55. The van der Waals surface area contributed by atoms with Crippen molar-refractivity contribution in [2.75, 3.05) is 25.8 Å². The number of nitrogens with zero attached hydrogens (tertiary/aromatic N) is 1. The molecule has 3 aromatic carbocycles. The van der Waals surface area contributed by atoms with E-state index in [4.69, 9.17) is 9.47 Å². The van der Waals surface area contributed by atoms with E-state index in [0.29, 0.717) is 17.1 Å². The number of para-hydroxylation sites is 1. The van der Waals surface area contributed by atoms with Gasteiger partial charge in [0.15, 0.2) is 6.67 Å². The monoisotopic (exact) mass is 443 g/mol. The van der Waals surface area contributed by atoms with Crippen LogP contribution < -0.4 is 14.4 Å². The van der Waals surface area contributed by atoms with Gasteiger partial charge in [0.2, 0.25) is 9.84 Å². The van der Waals surface area contributed by atoms with Crippen molar-refractivity contribution in [3.05, 3.63) is 78.4 Å². The van der Waals surface area contributed by atoms with E-state index in [0.717, 1.165) is 4.90 Å². The minimum absolute atomic E-state index is 0.0778. The minimum atomic E-state index is -3.95. The lowest BCUT2D eigenvalue weighted by molar-refractivity contribution is -0.119. The van der Waals surface area contributed by atoms with E-state index in [1.807, 2.05) is 0 Å². The molecule has 0 bridgehead atoms. The van der Waals surface area contributed by atoms with Crippen molar-refractivity contribution in [1.82, 2.24) is 0 Å². The number of hydrogen-bond acceptors (Lipinski definition) is 5. The first-order valence-electron chi connectivity index (χ1n) is 9.38. The molecule has 0 radical (unpaired) electrons. The molecule has 0 saturated heterocycles. The predicted octanol–water partition coefficient (Wildman–Crippen LogP) is 4.04. The Morgan fingerprint density at radius 2 is 1.61 bits per heavy atom. The molecule has 3 aromatic rings. The highest BCUT2D eigenvalue weighted by Crippen LogP contribution is 2.33. The highest BCUT2D eigenvalue weighted by atomic mass is 32.2. The molecule has 0 aliphatic rings. The van der Waals surface area contributed by atoms with Crippen molar-refractivity contribution in [2.24, 2.45) is 0 Å². The van der Waals surface area contributed by atoms with E-state index in [1.54, 1.807) is 48.5 Å². The Labute approximate surface area is 180 Å². The van der Waals surface area contributed by atoms with Crippen LogP contribution in [0.1, 0.15) is 5.56 Å². The van der Waals surface area contributed by atoms with E-state index < -0.39 is 22.4 Å². The number of carbonyl (C=O) groups excluding carboxylic acids is 1. The standard InChI is InChI=1S/C23H22FNO5S/c1-29-18-12-13-21(30-2)17(14-18)16-25(23(26)15-24)20-10-6-7-11-22(20)31(27,28)19-8-4-3-5-9-19/h3-14H,15-16H2,1-2H3. The van der Waals surface area contributed by atoms with E-state index in [1.165, 1.54) is 38.5 Å². The predicted molar refractivity (Wildman–Crippen MR) is 115 cm³/mol. The second-order valence-electron chi connectivity index (χ2n) is 6.58. The van der Waals surface area contributed by atoms with Gasteiger partial charge in [0, 0.05) is 5.56 Å². The van der Waals surface area contributed by atoms with Gasteiger partial charge in [-0.1, -0.05) is 30.3 Å². The van der Waals surface area contributed by atoms with Crippen LogP contribution in [0, 0.1) is 0 Å². The summed E-state index contributed by atoms with van der Waals surface area (Å²) in [5.41, 5.74) is 0.620. The Morgan fingerprint density at radius 1 is 0.935 bits per heavy atom. The smallest absolute Gasteiger partial charge is 0.258 e. The number of alkyl halides is 1. The molecule has 0 heterocycles. The summed E-state index contributed by atoms with van der Waals surface area (Å²) in [4.78, 5) is 13.7. The molecule has 162 valence electrons. The lowest BCUT2D eigenvalue weighted by atomic mass is 10.1. The summed E-state index contributed by atoms with van der Waals surface area (Å²) >= 11 is 0. The molecule has 0 unspecified atom stereocenters. The summed E-state index contributed by atoms with van der Waals surface area (Å²) in [5.74, 6) is 0.107. The lowest BCUT2D eigenvalue weighted by Crippen LogP contribution is -2.33. The molecule has 6 nitrogen and oxygen atoms in total. The number of halogens is 1. The molecule has 0 saturated carbocycles. The third-order valence-electron chi connectivity index (χ3n) is 4.73. The van der Waals surface area contributed by atoms with E-state index in [9.17, 15) is 17.6 Å². The summed E-state index contributed by atoms with van der Waals surface area (Å²) in [6.45, 7) is -1.39. The van der Waals surface area contributed by atoms with Crippen LogP contribution in [-0.2, 0) is 21.2 Å². The molecular formula is C23H22FNO5S. The Bertz CT molecular complexity index is 1170. The summed E-state index contributed by atoms with van der Waals surface area (Å²) < 4.78 is 50.6. The van der Waals surface area contributed by atoms with Gasteiger partial charge in [0.25, 0.3) is 5.91 Å². The molecule has 31 heavy (non-hydrogen) atoms. The van der Waals surface area contributed by atoms with Crippen LogP contribution in [0.2, 0.25) is 0 Å². The van der Waals surface area contributed by atoms with Gasteiger partial charge < -0.3 is 14.4 Å². The number of carbonyl (C=O) groups is 1. The van der Waals surface area contributed by atoms with Crippen LogP contribution in [0.4, 0.5) is 10.1 Å². The molecule has 0 aliphatic heterocycles. The van der Waals surface area contributed by atoms with Gasteiger partial charge >= 0.3 is 0 Å². The SMILES string of the molecule is COc1ccc(OC)c(CN(C(=O)CF)c2ccccc2S(=O)(=O)c2ccccc2)c1. The average Bonchev–Trinajstić information content (AvgIpc) is 2.82. The van der Waals surface area contributed by atoms with Crippen molar-refractivity contribution in [3.63, 3.8) is 0 Å². The number of methoxy groups -OCH3 is 2. The zero-order valence-corrected chi connectivity index (χ0v) is 17.9. The number of ether oxygens (including phenoxy) is 2. The Morgan fingerprint density at radius 3 is 2.26 bits per heavy atom. The second-order valence-corrected chi connectivity index (χ2v) is 8.49. The quantitative estimate of drug-likeness (QED) is 0.525. The van der Waals surface area contributed by atoms with Crippen molar-refractivity contribution in [1.29, 1.82) is 0 Å². The minimum Gasteiger partial charge on any atom is -0.497 e. The average molecular weight is 443 g/mol. The molecule has 0 N–H and O–H groups in total. The van der Waals surface area contributed by atoms with Crippen LogP contribution in [0.5, 0.6) is 11.5 Å². The van der Waals surface area contributed by atoms with Gasteiger partial charge in [-0.05, 0) is 42.5 Å². The first kappa shape index (κ1) is 22.3. The van der Waals surface area contributed by atoms with E-state index in [2.05, 4.69) is 0 Å². The number of benzene rings is 3. The largest absolute Gasteiger partial charge is 0.497 e. The third kappa shape index (κ3) is 4.69. The second kappa shape index (κ2) is 9.61. The Balaban J connectivity index is 2.13. The van der Waals surface area contributed by atoms with Crippen LogP contribution in [-0.4, -0.2) is 35.2 Å².